The van der Waals surface area contributed by atoms with E-state index in [9.17, 15) is 5.11 Å². The van der Waals surface area contributed by atoms with Gasteiger partial charge < -0.3 is 5.11 Å². The fraction of sp³-hybridized carbons (Fsp3) is 0. The van der Waals surface area contributed by atoms with Crippen molar-refractivity contribution in [3.63, 3.8) is 0 Å². The SMILES string of the molecule is Oc1ccc2nc(-c3ccccc3)cnc2c1. The Morgan fingerprint density at radius 3 is 2.53 bits per heavy atom. The molecule has 0 saturated heterocycles. The van der Waals surface area contributed by atoms with Crippen LogP contribution < -0.4 is 0 Å². The predicted octanol–water partition coefficient (Wildman–Crippen LogP) is 3.00. The minimum atomic E-state index is 0.208. The number of hydrogen-bond donors (Lipinski definition) is 1. The second kappa shape index (κ2) is 3.87. The Hall–Kier alpha value is -2.42. The minimum Gasteiger partial charge on any atom is -0.508 e. The molecule has 0 saturated carbocycles. The van der Waals surface area contributed by atoms with Gasteiger partial charge in [-0.2, -0.15) is 0 Å². The molecule has 1 heterocycles. The highest BCUT2D eigenvalue weighted by Gasteiger charge is 2.02. The van der Waals surface area contributed by atoms with Gasteiger partial charge in [0.25, 0.3) is 0 Å². The third kappa shape index (κ3) is 1.83. The third-order valence-corrected chi connectivity index (χ3v) is 2.60. The first-order valence-electron chi connectivity index (χ1n) is 5.34. The number of aromatic nitrogens is 2. The fourth-order valence-corrected chi connectivity index (χ4v) is 1.75. The van der Waals surface area contributed by atoms with E-state index in [1.807, 2.05) is 30.3 Å². The van der Waals surface area contributed by atoms with Gasteiger partial charge in [-0.15, -0.1) is 0 Å². The van der Waals surface area contributed by atoms with Crippen LogP contribution in [-0.4, -0.2) is 15.1 Å². The number of nitrogens with zero attached hydrogens (tertiary/aromatic N) is 2. The zero-order chi connectivity index (χ0) is 11.7. The Labute approximate surface area is 98.4 Å². The molecule has 0 fully saturated rings. The number of hydrogen-bond acceptors (Lipinski definition) is 3. The maximum absolute atomic E-state index is 9.35. The second-order valence-corrected chi connectivity index (χ2v) is 3.79. The Morgan fingerprint density at radius 2 is 1.71 bits per heavy atom. The first-order valence-corrected chi connectivity index (χ1v) is 5.34. The summed E-state index contributed by atoms with van der Waals surface area (Å²) in [5.74, 6) is 0.208. The van der Waals surface area contributed by atoms with E-state index in [4.69, 9.17) is 0 Å². The molecule has 0 atom stereocenters. The average molecular weight is 222 g/mol. The summed E-state index contributed by atoms with van der Waals surface area (Å²) in [6.45, 7) is 0. The van der Waals surface area contributed by atoms with Crippen molar-refractivity contribution in [2.75, 3.05) is 0 Å². The van der Waals surface area contributed by atoms with Gasteiger partial charge in [0, 0.05) is 11.6 Å². The van der Waals surface area contributed by atoms with E-state index in [1.54, 1.807) is 24.4 Å². The zero-order valence-electron chi connectivity index (χ0n) is 9.04. The van der Waals surface area contributed by atoms with Gasteiger partial charge >= 0.3 is 0 Å². The Kier molecular flexibility index (Phi) is 2.22. The van der Waals surface area contributed by atoms with Gasteiger partial charge in [-0.1, -0.05) is 30.3 Å². The molecule has 0 amide bonds. The van der Waals surface area contributed by atoms with Crippen LogP contribution in [0.1, 0.15) is 0 Å². The van der Waals surface area contributed by atoms with Crippen LogP contribution in [0.3, 0.4) is 0 Å². The molecule has 0 unspecified atom stereocenters. The van der Waals surface area contributed by atoms with Gasteiger partial charge in [0.2, 0.25) is 0 Å². The number of benzene rings is 2. The molecule has 0 aliphatic carbocycles. The fourth-order valence-electron chi connectivity index (χ4n) is 1.75. The van der Waals surface area contributed by atoms with Crippen LogP contribution in [0.4, 0.5) is 0 Å². The van der Waals surface area contributed by atoms with E-state index in [0.29, 0.717) is 5.52 Å². The Bertz CT molecular complexity index is 665. The molecule has 2 aromatic carbocycles. The molecule has 1 N–H and O–H groups in total. The van der Waals surface area contributed by atoms with Gasteiger partial charge in [-0.3, -0.25) is 4.98 Å². The molecule has 17 heavy (non-hydrogen) atoms. The monoisotopic (exact) mass is 222 g/mol. The average Bonchev–Trinajstić information content (AvgIpc) is 2.39. The molecule has 82 valence electrons. The summed E-state index contributed by atoms with van der Waals surface area (Å²) in [6, 6.07) is 14.9. The van der Waals surface area contributed by atoms with Crippen LogP contribution in [0.15, 0.2) is 54.7 Å². The molecule has 3 heteroatoms. The lowest BCUT2D eigenvalue weighted by Gasteiger charge is -2.02. The van der Waals surface area contributed by atoms with Crippen LogP contribution in [0.25, 0.3) is 22.3 Å². The first kappa shape index (κ1) is 9.78. The topological polar surface area (TPSA) is 46.0 Å². The first-order chi connectivity index (χ1) is 8.33. The Balaban J connectivity index is 2.17. The van der Waals surface area contributed by atoms with Crippen molar-refractivity contribution in [2.45, 2.75) is 0 Å². The zero-order valence-corrected chi connectivity index (χ0v) is 9.04. The molecule has 0 bridgehead atoms. The molecule has 0 spiro atoms. The highest BCUT2D eigenvalue weighted by atomic mass is 16.3. The normalized spacial score (nSPS) is 10.6. The number of aromatic hydroxyl groups is 1. The van der Waals surface area contributed by atoms with Crippen molar-refractivity contribution in [2.24, 2.45) is 0 Å². The molecule has 0 aliphatic heterocycles. The van der Waals surface area contributed by atoms with Gasteiger partial charge in [0.05, 0.1) is 22.9 Å². The van der Waals surface area contributed by atoms with Gasteiger partial charge in [0.1, 0.15) is 5.75 Å². The number of fused-ring (bicyclic) bond motifs is 1. The van der Waals surface area contributed by atoms with Crippen molar-refractivity contribution < 1.29 is 5.11 Å². The van der Waals surface area contributed by atoms with E-state index in [2.05, 4.69) is 9.97 Å². The maximum Gasteiger partial charge on any atom is 0.117 e. The summed E-state index contributed by atoms with van der Waals surface area (Å²) in [4.78, 5) is 8.81. The van der Waals surface area contributed by atoms with Crippen molar-refractivity contribution in [1.29, 1.82) is 0 Å². The second-order valence-electron chi connectivity index (χ2n) is 3.79. The summed E-state index contributed by atoms with van der Waals surface area (Å²) in [7, 11) is 0. The highest BCUT2D eigenvalue weighted by Crippen LogP contribution is 2.21. The van der Waals surface area contributed by atoms with Crippen molar-refractivity contribution in [3.8, 4) is 17.0 Å². The molecule has 0 aliphatic rings. The maximum atomic E-state index is 9.35. The lowest BCUT2D eigenvalue weighted by Crippen LogP contribution is -1.88. The van der Waals surface area contributed by atoms with E-state index < -0.39 is 0 Å². The van der Waals surface area contributed by atoms with Crippen LogP contribution in [0.2, 0.25) is 0 Å². The molecule has 3 aromatic rings. The summed E-state index contributed by atoms with van der Waals surface area (Å²) in [5, 5.41) is 9.35. The van der Waals surface area contributed by atoms with Crippen LogP contribution >= 0.6 is 0 Å². The van der Waals surface area contributed by atoms with Gasteiger partial charge in [0.15, 0.2) is 0 Å². The molecule has 3 rings (SSSR count). The van der Waals surface area contributed by atoms with Crippen LogP contribution in [0.5, 0.6) is 5.75 Å². The molecule has 0 radical (unpaired) electrons. The highest BCUT2D eigenvalue weighted by molar-refractivity contribution is 5.78. The molecule has 1 aromatic heterocycles. The van der Waals surface area contributed by atoms with Crippen molar-refractivity contribution >= 4 is 11.0 Å². The lowest BCUT2D eigenvalue weighted by molar-refractivity contribution is 0.476. The standard InChI is InChI=1S/C14H10N2O/c17-11-6-7-12-13(8-11)15-9-14(16-12)10-4-2-1-3-5-10/h1-9,17H. The van der Waals surface area contributed by atoms with Crippen molar-refractivity contribution in [3.05, 3.63) is 54.7 Å². The largest absolute Gasteiger partial charge is 0.508 e. The van der Waals surface area contributed by atoms with E-state index in [1.165, 1.54) is 0 Å². The third-order valence-electron chi connectivity index (χ3n) is 2.60. The molecular formula is C14H10N2O. The van der Waals surface area contributed by atoms with Gasteiger partial charge in [-0.05, 0) is 12.1 Å². The predicted molar refractivity (Wildman–Crippen MR) is 66.6 cm³/mol. The van der Waals surface area contributed by atoms with E-state index >= 15 is 0 Å². The summed E-state index contributed by atoms with van der Waals surface area (Å²) in [5.41, 5.74) is 3.35. The number of phenolic OH excluding ortho intramolecular Hbond substituents is 1. The van der Waals surface area contributed by atoms with Crippen molar-refractivity contribution in [1.82, 2.24) is 9.97 Å². The lowest BCUT2D eigenvalue weighted by atomic mass is 10.1. The van der Waals surface area contributed by atoms with Crippen LogP contribution in [0, 0.1) is 0 Å². The van der Waals surface area contributed by atoms with E-state index in [-0.39, 0.29) is 5.75 Å². The summed E-state index contributed by atoms with van der Waals surface area (Å²) >= 11 is 0. The quantitative estimate of drug-likeness (QED) is 0.688. The summed E-state index contributed by atoms with van der Waals surface area (Å²) < 4.78 is 0. The molecular weight excluding hydrogens is 212 g/mol. The van der Waals surface area contributed by atoms with Gasteiger partial charge in [-0.25, -0.2) is 4.98 Å². The van der Waals surface area contributed by atoms with Crippen LogP contribution in [-0.2, 0) is 0 Å². The smallest absolute Gasteiger partial charge is 0.117 e. The summed E-state index contributed by atoms with van der Waals surface area (Å²) in [6.07, 6.45) is 1.72. The number of rotatable bonds is 1. The van der Waals surface area contributed by atoms with E-state index in [0.717, 1.165) is 16.8 Å². The minimum absolute atomic E-state index is 0.208. The number of phenols is 1. The molecule has 3 nitrogen and oxygen atoms in total. The Morgan fingerprint density at radius 1 is 0.882 bits per heavy atom.